The van der Waals surface area contributed by atoms with Crippen LogP contribution in [-0.2, 0) is 21.7 Å². The molecule has 0 heterocycles. The molecular formula is C13H13Cl2NTi. The van der Waals surface area contributed by atoms with Crippen molar-refractivity contribution < 1.29 is 46.5 Å². The van der Waals surface area contributed by atoms with Crippen molar-refractivity contribution in [2.45, 2.75) is 0 Å². The van der Waals surface area contributed by atoms with Crippen molar-refractivity contribution in [1.29, 1.82) is 0 Å². The minimum Gasteiger partial charge on any atom is -1.00 e. The first kappa shape index (κ1) is 21.7. The number of hydrogen-bond donors (Lipinski definition) is 0. The molecule has 0 radical (unpaired) electrons. The molecule has 2 rings (SSSR count). The van der Waals surface area contributed by atoms with Gasteiger partial charge in [0.05, 0.1) is 0 Å². The van der Waals surface area contributed by atoms with Crippen LogP contribution >= 0.6 is 0 Å². The van der Waals surface area contributed by atoms with Crippen LogP contribution < -0.4 is 24.8 Å². The molecule has 2 aromatic carbocycles. The van der Waals surface area contributed by atoms with Crippen LogP contribution in [0, 0.1) is 0 Å². The third kappa shape index (κ3) is 10.3. The molecule has 4 heteroatoms. The molecule has 0 saturated carbocycles. The summed E-state index contributed by atoms with van der Waals surface area (Å²) in [6, 6.07) is 19.5. The van der Waals surface area contributed by atoms with Crippen LogP contribution in [0.1, 0.15) is 5.56 Å². The molecule has 0 atom stereocenters. The Hall–Kier alpha value is -0.596. The summed E-state index contributed by atoms with van der Waals surface area (Å²) in [5, 5.41) is 0. The van der Waals surface area contributed by atoms with Crippen molar-refractivity contribution in [2.24, 2.45) is 0 Å². The van der Waals surface area contributed by atoms with E-state index in [4.69, 9.17) is 5.73 Å². The molecule has 0 saturated heterocycles. The molecule has 17 heavy (non-hydrogen) atoms. The third-order valence-corrected chi connectivity index (χ3v) is 1.68. The minimum absolute atomic E-state index is 0. The Labute approximate surface area is 130 Å². The molecule has 0 fully saturated rings. The van der Waals surface area contributed by atoms with Crippen molar-refractivity contribution in [3.05, 3.63) is 78.5 Å². The van der Waals surface area contributed by atoms with Gasteiger partial charge in [-0.1, -0.05) is 30.3 Å². The van der Waals surface area contributed by atoms with E-state index >= 15 is 0 Å². The molecule has 0 aliphatic carbocycles. The van der Waals surface area contributed by atoms with Gasteiger partial charge in [0.15, 0.2) is 0 Å². The first-order valence-electron chi connectivity index (χ1n) is 4.43. The zero-order valence-corrected chi connectivity index (χ0v) is 12.3. The average Bonchev–Trinajstić information content (AvgIpc) is 2.77. The van der Waals surface area contributed by atoms with Gasteiger partial charge in [0.25, 0.3) is 0 Å². The Kier molecular flexibility index (Phi) is 17.2. The van der Waals surface area contributed by atoms with Gasteiger partial charge in [-0.05, 0) is 5.56 Å². The van der Waals surface area contributed by atoms with E-state index < -0.39 is 0 Å². The number of benzene rings is 1. The van der Waals surface area contributed by atoms with Crippen molar-refractivity contribution in [1.82, 2.24) is 0 Å². The summed E-state index contributed by atoms with van der Waals surface area (Å²) in [6.07, 6.45) is 0. The van der Waals surface area contributed by atoms with Crippen LogP contribution in [0.3, 0.4) is 0 Å². The SMILES string of the molecule is C=C([NH-])c1ccccc1.[Cl-].[Cl-].[Ti+4].c1cc[cH-]c1. The van der Waals surface area contributed by atoms with E-state index in [-0.39, 0.29) is 46.5 Å². The fourth-order valence-electron chi connectivity index (χ4n) is 0.960. The summed E-state index contributed by atoms with van der Waals surface area (Å²) in [5.74, 6) is 0. The van der Waals surface area contributed by atoms with E-state index in [0.717, 1.165) is 5.56 Å². The maximum Gasteiger partial charge on any atom is 4.00 e. The van der Waals surface area contributed by atoms with E-state index in [0.29, 0.717) is 5.70 Å². The Morgan fingerprint density at radius 2 is 1.41 bits per heavy atom. The molecule has 1 N–H and O–H groups in total. The van der Waals surface area contributed by atoms with Crippen LogP contribution in [0.4, 0.5) is 0 Å². The van der Waals surface area contributed by atoms with E-state index in [1.165, 1.54) is 0 Å². The van der Waals surface area contributed by atoms with Gasteiger partial charge >= 0.3 is 21.7 Å². The smallest absolute Gasteiger partial charge is 1.00 e. The second-order valence-electron chi connectivity index (χ2n) is 2.81. The van der Waals surface area contributed by atoms with Crippen LogP contribution in [-0.4, -0.2) is 0 Å². The predicted molar refractivity (Wildman–Crippen MR) is 61.8 cm³/mol. The van der Waals surface area contributed by atoms with Gasteiger partial charge in [0.1, 0.15) is 0 Å². The zero-order valence-electron chi connectivity index (χ0n) is 9.24. The van der Waals surface area contributed by atoms with E-state index in [1.807, 2.05) is 60.7 Å². The van der Waals surface area contributed by atoms with E-state index in [9.17, 15) is 0 Å². The largest absolute Gasteiger partial charge is 4.00 e. The molecule has 2 aromatic rings. The van der Waals surface area contributed by atoms with Crippen molar-refractivity contribution >= 4 is 5.70 Å². The van der Waals surface area contributed by atoms with Crippen LogP contribution in [0.25, 0.3) is 11.4 Å². The van der Waals surface area contributed by atoms with Gasteiger partial charge in [-0.2, -0.15) is 18.2 Å². The average molecular weight is 302 g/mol. The number of hydrogen-bond acceptors (Lipinski definition) is 0. The van der Waals surface area contributed by atoms with Crippen LogP contribution in [0.2, 0.25) is 0 Å². The molecule has 0 spiro atoms. The van der Waals surface area contributed by atoms with Crippen LogP contribution in [0.5, 0.6) is 0 Å². The number of rotatable bonds is 1. The second kappa shape index (κ2) is 13.5. The predicted octanol–water partition coefficient (Wildman–Crippen LogP) is -1.88. The van der Waals surface area contributed by atoms with Gasteiger partial charge in [-0.15, -0.1) is 12.3 Å². The minimum atomic E-state index is 0. The van der Waals surface area contributed by atoms with Crippen molar-refractivity contribution in [3.8, 4) is 0 Å². The third-order valence-electron chi connectivity index (χ3n) is 1.68. The van der Waals surface area contributed by atoms with E-state index in [2.05, 4.69) is 6.58 Å². The van der Waals surface area contributed by atoms with E-state index in [1.54, 1.807) is 0 Å². The topological polar surface area (TPSA) is 23.8 Å². The summed E-state index contributed by atoms with van der Waals surface area (Å²) in [5.41, 5.74) is 8.38. The summed E-state index contributed by atoms with van der Waals surface area (Å²) < 4.78 is 0. The quantitative estimate of drug-likeness (QED) is 0.435. The summed E-state index contributed by atoms with van der Waals surface area (Å²) in [4.78, 5) is 0. The Balaban J connectivity index is -0.000000216. The Bertz CT molecular complexity index is 343. The molecule has 0 bridgehead atoms. The standard InChI is InChI=1S/C8H8N.C5H5.2ClH.Ti/c1-7(9)8-5-3-2-4-6-8;1-2-4-5-3-1;;;/h2-6,9H,1H2;1-5H;2*1H;/q2*-1;;;+4/p-2. The fourth-order valence-corrected chi connectivity index (χ4v) is 0.960. The molecular weight excluding hydrogens is 289 g/mol. The van der Waals surface area contributed by atoms with Crippen LogP contribution in [0.15, 0.2) is 67.2 Å². The molecule has 0 aliphatic rings. The Morgan fingerprint density at radius 3 is 1.65 bits per heavy atom. The normalized spacial score (nSPS) is 7.06. The van der Waals surface area contributed by atoms with Gasteiger partial charge in [-0.25, -0.2) is 12.1 Å². The number of nitrogens with one attached hydrogen (secondary N) is 1. The molecule has 88 valence electrons. The molecule has 1 nitrogen and oxygen atoms in total. The first-order chi connectivity index (χ1) is 6.80. The summed E-state index contributed by atoms with van der Waals surface area (Å²) in [7, 11) is 0. The van der Waals surface area contributed by atoms with Gasteiger partial charge in [0, 0.05) is 0 Å². The molecule has 0 aliphatic heterocycles. The molecule has 0 unspecified atom stereocenters. The van der Waals surface area contributed by atoms with Gasteiger partial charge < -0.3 is 30.5 Å². The fraction of sp³-hybridized carbons (Fsp3) is 0. The molecule has 0 amide bonds. The number of halogens is 2. The zero-order chi connectivity index (χ0) is 10.2. The van der Waals surface area contributed by atoms with Crippen molar-refractivity contribution in [3.63, 3.8) is 0 Å². The van der Waals surface area contributed by atoms with Crippen molar-refractivity contribution in [2.75, 3.05) is 0 Å². The summed E-state index contributed by atoms with van der Waals surface area (Å²) >= 11 is 0. The van der Waals surface area contributed by atoms with Gasteiger partial charge in [0.2, 0.25) is 0 Å². The maximum absolute atomic E-state index is 7.12. The second-order valence-corrected chi connectivity index (χ2v) is 2.81. The molecule has 0 aromatic heterocycles. The maximum atomic E-state index is 7.12. The monoisotopic (exact) mass is 301 g/mol. The summed E-state index contributed by atoms with van der Waals surface area (Å²) in [6.45, 7) is 3.49. The Morgan fingerprint density at radius 1 is 0.941 bits per heavy atom. The van der Waals surface area contributed by atoms with Gasteiger partial charge in [-0.3, -0.25) is 0 Å². The first-order valence-corrected chi connectivity index (χ1v) is 4.43.